The van der Waals surface area contributed by atoms with Gasteiger partial charge in [-0.1, -0.05) is 18.2 Å². The van der Waals surface area contributed by atoms with Crippen LogP contribution >= 0.6 is 28.3 Å². The van der Waals surface area contributed by atoms with Gasteiger partial charge in [0.2, 0.25) is 0 Å². The van der Waals surface area contributed by atoms with Gasteiger partial charge in [-0.25, -0.2) is 4.79 Å². The predicted octanol–water partition coefficient (Wildman–Crippen LogP) is 3.66. The molecule has 1 aromatic carbocycles. The zero-order valence-electron chi connectivity index (χ0n) is 9.47. The lowest BCUT2D eigenvalue weighted by molar-refractivity contribution is 0.0702. The molecule has 5 heteroatoms. The fourth-order valence-electron chi connectivity index (χ4n) is 2.11. The van der Waals surface area contributed by atoms with Crippen molar-refractivity contribution in [3.63, 3.8) is 0 Å². The SMILES string of the molecule is Br.O=C(O)c1cc2c(s1)-c1ccccc1NCC2. The number of carbonyl (C=O) groups is 1. The Morgan fingerprint density at radius 1 is 1.33 bits per heavy atom. The fourth-order valence-corrected chi connectivity index (χ4v) is 3.20. The molecule has 2 aromatic rings. The van der Waals surface area contributed by atoms with Crippen molar-refractivity contribution in [3.05, 3.63) is 40.8 Å². The summed E-state index contributed by atoms with van der Waals surface area (Å²) in [5.41, 5.74) is 3.33. The van der Waals surface area contributed by atoms with Gasteiger partial charge in [0.05, 0.1) is 0 Å². The minimum Gasteiger partial charge on any atom is -0.477 e. The number of hydrogen-bond donors (Lipinski definition) is 2. The lowest BCUT2D eigenvalue weighted by Crippen LogP contribution is -2.02. The van der Waals surface area contributed by atoms with Gasteiger partial charge in [-0.2, -0.15) is 0 Å². The van der Waals surface area contributed by atoms with Crippen LogP contribution in [0.15, 0.2) is 30.3 Å². The first-order valence-electron chi connectivity index (χ1n) is 5.45. The van der Waals surface area contributed by atoms with Crippen LogP contribution in [0.1, 0.15) is 15.2 Å². The molecule has 3 nitrogen and oxygen atoms in total. The summed E-state index contributed by atoms with van der Waals surface area (Å²) in [5, 5.41) is 12.4. The molecule has 0 fully saturated rings. The van der Waals surface area contributed by atoms with E-state index >= 15 is 0 Å². The number of halogens is 1. The standard InChI is InChI=1S/C13H11NO2S.BrH/c15-13(16)11-7-8-5-6-14-10-4-2-1-3-9(10)12(8)17-11;/h1-4,7,14H,5-6H2,(H,15,16);1H. The average molecular weight is 326 g/mol. The number of nitrogens with one attached hydrogen (secondary N) is 1. The Morgan fingerprint density at radius 3 is 2.89 bits per heavy atom. The summed E-state index contributed by atoms with van der Waals surface area (Å²) in [6.07, 6.45) is 0.869. The topological polar surface area (TPSA) is 49.3 Å². The van der Waals surface area contributed by atoms with E-state index in [4.69, 9.17) is 5.11 Å². The van der Waals surface area contributed by atoms with Gasteiger partial charge < -0.3 is 10.4 Å². The Labute approximate surface area is 119 Å². The molecule has 18 heavy (non-hydrogen) atoms. The first kappa shape index (κ1) is 13.1. The van der Waals surface area contributed by atoms with Gasteiger partial charge in [0.15, 0.2) is 0 Å². The second-order valence-corrected chi connectivity index (χ2v) is 5.04. The molecule has 0 spiro atoms. The molecule has 1 aliphatic rings. The Kier molecular flexibility index (Phi) is 3.73. The average Bonchev–Trinajstić information content (AvgIpc) is 2.67. The van der Waals surface area contributed by atoms with Crippen LogP contribution < -0.4 is 5.32 Å². The van der Waals surface area contributed by atoms with Crippen LogP contribution in [0.25, 0.3) is 10.4 Å². The molecule has 94 valence electrons. The molecule has 3 rings (SSSR count). The van der Waals surface area contributed by atoms with Gasteiger partial charge in [0.25, 0.3) is 0 Å². The molecule has 2 heterocycles. The number of anilines is 1. The second kappa shape index (κ2) is 5.12. The molecule has 0 atom stereocenters. The first-order chi connectivity index (χ1) is 8.25. The summed E-state index contributed by atoms with van der Waals surface area (Å²) < 4.78 is 0. The van der Waals surface area contributed by atoms with Gasteiger partial charge >= 0.3 is 5.97 Å². The summed E-state index contributed by atoms with van der Waals surface area (Å²) in [5.74, 6) is -0.839. The molecule has 0 saturated carbocycles. The molecule has 0 radical (unpaired) electrons. The van der Waals surface area contributed by atoms with Crippen molar-refractivity contribution in [2.45, 2.75) is 6.42 Å². The maximum atomic E-state index is 11.0. The summed E-state index contributed by atoms with van der Waals surface area (Å²) >= 11 is 1.36. The summed E-state index contributed by atoms with van der Waals surface area (Å²) in [4.78, 5) is 12.5. The Hall–Kier alpha value is -1.33. The van der Waals surface area contributed by atoms with Crippen LogP contribution in [-0.2, 0) is 6.42 Å². The molecule has 0 saturated heterocycles. The number of carboxylic acids is 1. The highest BCUT2D eigenvalue weighted by atomic mass is 79.9. The van der Waals surface area contributed by atoms with E-state index in [9.17, 15) is 4.79 Å². The Balaban J connectivity index is 0.00000120. The quantitative estimate of drug-likeness (QED) is 0.841. The minimum atomic E-state index is -0.839. The Bertz CT molecular complexity index is 594. The number of carboxylic acid groups (broad SMARTS) is 1. The van der Waals surface area contributed by atoms with Crippen LogP contribution in [0.4, 0.5) is 5.69 Å². The third kappa shape index (κ3) is 2.15. The number of thiophene rings is 1. The van der Waals surface area contributed by atoms with Gasteiger partial charge in [0, 0.05) is 22.7 Å². The molecular formula is C13H12BrNO2S. The lowest BCUT2D eigenvalue weighted by Gasteiger charge is -2.06. The van der Waals surface area contributed by atoms with Gasteiger partial charge in [-0.05, 0) is 24.1 Å². The third-order valence-corrected chi connectivity index (χ3v) is 4.10. The van der Waals surface area contributed by atoms with Gasteiger partial charge in [-0.3, -0.25) is 0 Å². The van der Waals surface area contributed by atoms with Crippen LogP contribution in [0.5, 0.6) is 0 Å². The van der Waals surface area contributed by atoms with Crippen LogP contribution in [0.2, 0.25) is 0 Å². The smallest absolute Gasteiger partial charge is 0.345 e. The zero-order chi connectivity index (χ0) is 11.8. The maximum Gasteiger partial charge on any atom is 0.345 e. The van der Waals surface area contributed by atoms with E-state index in [0.717, 1.165) is 34.7 Å². The second-order valence-electron chi connectivity index (χ2n) is 3.99. The number of para-hydroxylation sites is 1. The van der Waals surface area contributed by atoms with Crippen LogP contribution in [-0.4, -0.2) is 17.6 Å². The lowest BCUT2D eigenvalue weighted by atomic mass is 10.1. The maximum absolute atomic E-state index is 11.0. The van der Waals surface area contributed by atoms with Crippen LogP contribution in [0.3, 0.4) is 0 Å². The molecule has 0 amide bonds. The monoisotopic (exact) mass is 325 g/mol. The molecule has 0 bridgehead atoms. The highest BCUT2D eigenvalue weighted by molar-refractivity contribution is 8.93. The highest BCUT2D eigenvalue weighted by Crippen LogP contribution is 2.39. The van der Waals surface area contributed by atoms with Crippen molar-refractivity contribution in [3.8, 4) is 10.4 Å². The molecule has 2 N–H and O–H groups in total. The van der Waals surface area contributed by atoms with Crippen molar-refractivity contribution in [1.82, 2.24) is 0 Å². The van der Waals surface area contributed by atoms with Crippen molar-refractivity contribution in [1.29, 1.82) is 0 Å². The number of rotatable bonds is 1. The molecule has 0 aliphatic carbocycles. The van der Waals surface area contributed by atoms with Gasteiger partial charge in [0.1, 0.15) is 4.88 Å². The van der Waals surface area contributed by atoms with E-state index < -0.39 is 5.97 Å². The molecule has 1 aromatic heterocycles. The molecular weight excluding hydrogens is 314 g/mol. The van der Waals surface area contributed by atoms with E-state index in [1.165, 1.54) is 11.3 Å². The highest BCUT2D eigenvalue weighted by Gasteiger charge is 2.19. The predicted molar refractivity (Wildman–Crippen MR) is 79.2 cm³/mol. The van der Waals surface area contributed by atoms with Crippen molar-refractivity contribution in [2.75, 3.05) is 11.9 Å². The zero-order valence-corrected chi connectivity index (χ0v) is 12.0. The number of hydrogen-bond acceptors (Lipinski definition) is 3. The molecule has 1 aliphatic heterocycles. The van der Waals surface area contributed by atoms with E-state index in [0.29, 0.717) is 4.88 Å². The van der Waals surface area contributed by atoms with Crippen molar-refractivity contribution in [2.24, 2.45) is 0 Å². The first-order valence-corrected chi connectivity index (χ1v) is 6.26. The fraction of sp³-hybridized carbons (Fsp3) is 0.154. The van der Waals surface area contributed by atoms with E-state index in [-0.39, 0.29) is 17.0 Å². The number of benzene rings is 1. The van der Waals surface area contributed by atoms with E-state index in [1.54, 1.807) is 6.07 Å². The van der Waals surface area contributed by atoms with E-state index in [1.807, 2.05) is 24.3 Å². The normalized spacial score (nSPS) is 12.4. The summed E-state index contributed by atoms with van der Waals surface area (Å²) in [6.45, 7) is 0.847. The van der Waals surface area contributed by atoms with Gasteiger partial charge in [-0.15, -0.1) is 28.3 Å². The summed E-state index contributed by atoms with van der Waals surface area (Å²) in [6, 6.07) is 9.84. The third-order valence-electron chi connectivity index (χ3n) is 2.90. The summed E-state index contributed by atoms with van der Waals surface area (Å²) in [7, 11) is 0. The largest absolute Gasteiger partial charge is 0.477 e. The van der Waals surface area contributed by atoms with E-state index in [2.05, 4.69) is 5.32 Å². The van der Waals surface area contributed by atoms with Crippen molar-refractivity contribution >= 4 is 40.0 Å². The Morgan fingerprint density at radius 2 is 2.11 bits per heavy atom. The number of fused-ring (bicyclic) bond motifs is 3. The number of aromatic carboxylic acids is 1. The van der Waals surface area contributed by atoms with Crippen LogP contribution in [0, 0.1) is 0 Å². The minimum absolute atomic E-state index is 0. The van der Waals surface area contributed by atoms with Crippen molar-refractivity contribution < 1.29 is 9.90 Å². The molecule has 0 unspecified atom stereocenters.